The van der Waals surface area contributed by atoms with E-state index in [4.69, 9.17) is 4.74 Å². The number of esters is 1. The molecular formula is C26H24N2O3. The molecule has 1 aliphatic carbocycles. The van der Waals surface area contributed by atoms with Gasteiger partial charge in [0.05, 0.1) is 29.4 Å². The van der Waals surface area contributed by atoms with Gasteiger partial charge in [0.1, 0.15) is 0 Å². The summed E-state index contributed by atoms with van der Waals surface area (Å²) >= 11 is 0. The Hall–Kier alpha value is -3.60. The van der Waals surface area contributed by atoms with Crippen LogP contribution >= 0.6 is 0 Å². The Balaban J connectivity index is 1.56. The first-order valence-corrected chi connectivity index (χ1v) is 10.5. The number of aryl methyl sites for hydroxylation is 1. The van der Waals surface area contributed by atoms with Crippen molar-refractivity contribution in [3.8, 4) is 5.69 Å². The van der Waals surface area contributed by atoms with Crippen LogP contribution < -0.4 is 5.69 Å². The Morgan fingerprint density at radius 3 is 2.48 bits per heavy atom. The lowest BCUT2D eigenvalue weighted by molar-refractivity contribution is 0.0599. The molecule has 4 aromatic rings. The second-order valence-electron chi connectivity index (χ2n) is 8.19. The lowest BCUT2D eigenvalue weighted by atomic mass is 9.96. The summed E-state index contributed by atoms with van der Waals surface area (Å²) in [5.41, 5.74) is 6.29. The highest BCUT2D eigenvalue weighted by Crippen LogP contribution is 2.40. The van der Waals surface area contributed by atoms with E-state index >= 15 is 0 Å². The molecule has 31 heavy (non-hydrogen) atoms. The van der Waals surface area contributed by atoms with Crippen molar-refractivity contribution in [1.29, 1.82) is 0 Å². The minimum Gasteiger partial charge on any atom is -0.465 e. The number of aromatic nitrogens is 2. The maximum Gasteiger partial charge on any atom is 0.338 e. The average molecular weight is 412 g/mol. The molecule has 1 saturated carbocycles. The smallest absolute Gasteiger partial charge is 0.338 e. The van der Waals surface area contributed by atoms with Gasteiger partial charge >= 0.3 is 11.7 Å². The van der Waals surface area contributed by atoms with Gasteiger partial charge in [-0.25, -0.2) is 9.59 Å². The van der Waals surface area contributed by atoms with Gasteiger partial charge in [-0.1, -0.05) is 36.4 Å². The van der Waals surface area contributed by atoms with E-state index in [1.165, 1.54) is 25.5 Å². The largest absolute Gasteiger partial charge is 0.465 e. The Morgan fingerprint density at radius 1 is 1.00 bits per heavy atom. The average Bonchev–Trinajstić information content (AvgIpc) is 3.62. The molecule has 1 heterocycles. The molecule has 5 nitrogen and oxygen atoms in total. The van der Waals surface area contributed by atoms with Crippen molar-refractivity contribution < 1.29 is 9.53 Å². The normalized spacial score (nSPS) is 13.5. The predicted octanol–water partition coefficient (Wildman–Crippen LogP) is 4.58. The molecule has 0 unspecified atom stereocenters. The Kier molecular flexibility index (Phi) is 4.74. The molecule has 3 aromatic carbocycles. The van der Waals surface area contributed by atoms with Crippen molar-refractivity contribution >= 4 is 17.0 Å². The Labute approximate surface area is 180 Å². The van der Waals surface area contributed by atoms with Crippen LogP contribution in [0.25, 0.3) is 16.7 Å². The van der Waals surface area contributed by atoms with Gasteiger partial charge < -0.3 is 4.74 Å². The highest BCUT2D eigenvalue weighted by atomic mass is 16.5. The van der Waals surface area contributed by atoms with Crippen LogP contribution in [0.3, 0.4) is 0 Å². The van der Waals surface area contributed by atoms with Crippen molar-refractivity contribution in [2.24, 2.45) is 7.05 Å². The number of hydrogen-bond acceptors (Lipinski definition) is 3. The van der Waals surface area contributed by atoms with Crippen LogP contribution in [0.15, 0.2) is 71.5 Å². The van der Waals surface area contributed by atoms with Gasteiger partial charge in [0.25, 0.3) is 0 Å². The molecule has 156 valence electrons. The summed E-state index contributed by atoms with van der Waals surface area (Å²) in [5.74, 6) is 0.266. The standard InChI is InChI=1S/C26H24N2O3/c1-27-24-15-17(8-13-23(24)28(26(27)30)21-6-4-3-5-7-21)14-20-12-11-19(18-9-10-18)16-22(20)25(29)31-2/h3-8,11-13,15-16,18H,9-10,14H2,1-2H3. The van der Waals surface area contributed by atoms with E-state index in [1.54, 1.807) is 16.2 Å². The van der Waals surface area contributed by atoms with Crippen LogP contribution in [0.4, 0.5) is 0 Å². The summed E-state index contributed by atoms with van der Waals surface area (Å²) in [5, 5.41) is 0. The number of benzene rings is 3. The monoisotopic (exact) mass is 412 g/mol. The number of nitrogens with zero attached hydrogens (tertiary/aromatic N) is 2. The molecule has 0 N–H and O–H groups in total. The lowest BCUT2D eigenvalue weighted by Crippen LogP contribution is -2.20. The first kappa shape index (κ1) is 19.4. The van der Waals surface area contributed by atoms with Crippen molar-refractivity contribution in [3.63, 3.8) is 0 Å². The minimum atomic E-state index is -0.304. The fourth-order valence-electron chi connectivity index (χ4n) is 4.26. The van der Waals surface area contributed by atoms with Crippen LogP contribution in [0, 0.1) is 0 Å². The van der Waals surface area contributed by atoms with Crippen molar-refractivity contribution in [3.05, 3.63) is 99.5 Å². The molecule has 1 fully saturated rings. The SMILES string of the molecule is COC(=O)c1cc(C2CC2)ccc1Cc1ccc2c(c1)n(C)c(=O)n2-c1ccccc1. The highest BCUT2D eigenvalue weighted by molar-refractivity contribution is 5.91. The van der Waals surface area contributed by atoms with E-state index in [2.05, 4.69) is 6.07 Å². The second kappa shape index (κ2) is 7.58. The fourth-order valence-corrected chi connectivity index (χ4v) is 4.26. The molecule has 5 rings (SSSR count). The minimum absolute atomic E-state index is 0.0811. The van der Waals surface area contributed by atoms with Crippen molar-refractivity contribution in [2.75, 3.05) is 7.11 Å². The van der Waals surface area contributed by atoms with Gasteiger partial charge in [-0.2, -0.15) is 0 Å². The molecule has 5 heteroatoms. The van der Waals surface area contributed by atoms with E-state index in [0.29, 0.717) is 17.9 Å². The fraction of sp³-hybridized carbons (Fsp3) is 0.231. The molecule has 0 atom stereocenters. The maximum absolute atomic E-state index is 12.9. The topological polar surface area (TPSA) is 53.2 Å². The Morgan fingerprint density at radius 2 is 1.77 bits per heavy atom. The first-order valence-electron chi connectivity index (χ1n) is 10.5. The summed E-state index contributed by atoms with van der Waals surface area (Å²) in [6.45, 7) is 0. The zero-order chi connectivity index (χ0) is 21.5. The summed E-state index contributed by atoms with van der Waals surface area (Å²) in [6.07, 6.45) is 2.96. The number of para-hydroxylation sites is 1. The predicted molar refractivity (Wildman–Crippen MR) is 121 cm³/mol. The van der Waals surface area contributed by atoms with E-state index in [9.17, 15) is 9.59 Å². The van der Waals surface area contributed by atoms with Crippen LogP contribution in [-0.2, 0) is 18.2 Å². The van der Waals surface area contributed by atoms with E-state index in [1.807, 2.05) is 60.7 Å². The van der Waals surface area contributed by atoms with Crippen LogP contribution in [0.2, 0.25) is 0 Å². The molecule has 1 aromatic heterocycles. The van der Waals surface area contributed by atoms with Gasteiger partial charge in [0.15, 0.2) is 0 Å². The molecule has 1 aliphatic rings. The third-order valence-corrected chi connectivity index (χ3v) is 6.12. The number of carbonyl (C=O) groups excluding carboxylic acids is 1. The zero-order valence-corrected chi connectivity index (χ0v) is 17.7. The quantitative estimate of drug-likeness (QED) is 0.451. The molecule has 0 radical (unpaired) electrons. The van der Waals surface area contributed by atoms with Gasteiger partial charge in [-0.3, -0.25) is 9.13 Å². The summed E-state index contributed by atoms with van der Waals surface area (Å²) in [7, 11) is 3.21. The van der Waals surface area contributed by atoms with Crippen LogP contribution in [-0.4, -0.2) is 22.2 Å². The van der Waals surface area contributed by atoms with E-state index in [-0.39, 0.29) is 11.7 Å². The third-order valence-electron chi connectivity index (χ3n) is 6.12. The van der Waals surface area contributed by atoms with E-state index in [0.717, 1.165) is 27.8 Å². The van der Waals surface area contributed by atoms with Crippen LogP contribution in [0.1, 0.15) is 45.8 Å². The molecular weight excluding hydrogens is 388 g/mol. The molecule has 0 amide bonds. The molecule has 0 bridgehead atoms. The molecule has 0 saturated heterocycles. The van der Waals surface area contributed by atoms with Gasteiger partial charge in [0.2, 0.25) is 0 Å². The van der Waals surface area contributed by atoms with Gasteiger partial charge in [0, 0.05) is 7.05 Å². The first-order chi connectivity index (χ1) is 15.1. The number of imidazole rings is 1. The third kappa shape index (κ3) is 3.46. The molecule has 0 aliphatic heterocycles. The van der Waals surface area contributed by atoms with Crippen molar-refractivity contribution in [1.82, 2.24) is 9.13 Å². The number of rotatable bonds is 5. The maximum atomic E-state index is 12.9. The summed E-state index contributed by atoms with van der Waals surface area (Å²) < 4.78 is 8.43. The number of carbonyl (C=O) groups is 1. The summed E-state index contributed by atoms with van der Waals surface area (Å²) in [4.78, 5) is 25.3. The van der Waals surface area contributed by atoms with E-state index < -0.39 is 0 Å². The Bertz CT molecular complexity index is 1340. The number of hydrogen-bond donors (Lipinski definition) is 0. The van der Waals surface area contributed by atoms with Crippen molar-refractivity contribution in [2.45, 2.75) is 25.2 Å². The molecule has 0 spiro atoms. The second-order valence-corrected chi connectivity index (χ2v) is 8.19. The number of fused-ring (bicyclic) bond motifs is 1. The number of ether oxygens (including phenoxy) is 1. The van der Waals surface area contributed by atoms with Gasteiger partial charge in [-0.05, 0) is 72.2 Å². The summed E-state index contributed by atoms with van der Waals surface area (Å²) in [6, 6.07) is 21.8. The highest BCUT2D eigenvalue weighted by Gasteiger charge is 2.25. The van der Waals surface area contributed by atoms with Crippen LogP contribution in [0.5, 0.6) is 0 Å². The van der Waals surface area contributed by atoms with Gasteiger partial charge in [-0.15, -0.1) is 0 Å². The lowest BCUT2D eigenvalue weighted by Gasteiger charge is -2.11. The number of methoxy groups -OCH3 is 1. The zero-order valence-electron chi connectivity index (χ0n) is 17.7.